The molecule has 0 spiro atoms. The Kier molecular flexibility index (Phi) is 2.70. The molecule has 56 valence electrons. The summed E-state index contributed by atoms with van der Waals surface area (Å²) < 4.78 is 0. The number of hydrogen-bond donors (Lipinski definition) is 0. The molecule has 0 aliphatic carbocycles. The Balaban J connectivity index is 2.19. The quantitative estimate of drug-likeness (QED) is 0.561. The molecule has 2 heteroatoms. The van der Waals surface area contributed by atoms with Gasteiger partial charge in [0.05, 0.1) is 6.54 Å². The van der Waals surface area contributed by atoms with Crippen LogP contribution in [0, 0.1) is 6.57 Å². The van der Waals surface area contributed by atoms with Gasteiger partial charge in [-0.05, 0) is 25.9 Å². The van der Waals surface area contributed by atoms with E-state index in [1.807, 2.05) is 0 Å². The first-order valence-electron chi connectivity index (χ1n) is 3.95. The molecule has 0 radical (unpaired) electrons. The minimum absolute atomic E-state index is 0.304. The average molecular weight is 139 g/mol. The van der Waals surface area contributed by atoms with Gasteiger partial charge in [0.15, 0.2) is 0 Å². The van der Waals surface area contributed by atoms with Crippen LogP contribution in [0.25, 0.3) is 4.85 Å². The minimum atomic E-state index is 0.304. The highest BCUT2D eigenvalue weighted by atomic mass is 15.1. The van der Waals surface area contributed by atoms with Gasteiger partial charge in [0.1, 0.15) is 0 Å². The Morgan fingerprint density at radius 1 is 1.50 bits per heavy atom. The summed E-state index contributed by atoms with van der Waals surface area (Å²) in [5.41, 5.74) is 0. The summed E-state index contributed by atoms with van der Waals surface area (Å²) in [6.07, 6.45) is 2.69. The van der Waals surface area contributed by atoms with Crippen molar-refractivity contribution in [1.82, 2.24) is 4.90 Å². The maximum Gasteiger partial charge on any atom is 0.281 e. The van der Waals surface area contributed by atoms with E-state index in [-0.39, 0.29) is 0 Å². The van der Waals surface area contributed by atoms with Gasteiger partial charge in [0, 0.05) is 6.92 Å². The van der Waals surface area contributed by atoms with Gasteiger partial charge in [0.2, 0.25) is 0 Å². The molecule has 1 atom stereocenters. The normalized spacial score (nSPS) is 22.4. The van der Waals surface area contributed by atoms with E-state index in [4.69, 9.17) is 6.57 Å². The molecular weight excluding hydrogens is 124 g/mol. The van der Waals surface area contributed by atoms with E-state index in [1.54, 1.807) is 0 Å². The van der Waals surface area contributed by atoms with Crippen molar-refractivity contribution in [3.05, 3.63) is 4.85 Å². The molecule has 1 heterocycles. The zero-order valence-electron chi connectivity index (χ0n) is 6.58. The van der Waals surface area contributed by atoms with E-state index in [2.05, 4.69) is 16.7 Å². The van der Waals surface area contributed by atoms with Gasteiger partial charge in [-0.3, -0.25) is 4.90 Å². The standard InChI is InChI=1S/C8H15N2/c1-8(9-2)7-10-5-3-4-6-10/h2,8H,3-7H2,1H3/q+1. The van der Waals surface area contributed by atoms with Crippen LogP contribution in [-0.4, -0.2) is 30.6 Å². The van der Waals surface area contributed by atoms with Crippen LogP contribution in [-0.2, 0) is 0 Å². The van der Waals surface area contributed by atoms with Crippen molar-refractivity contribution < 1.29 is 0 Å². The SMILES string of the molecule is C#[N+]C(C)CN1CCCC1. The third-order valence-corrected chi connectivity index (χ3v) is 1.98. The molecule has 1 unspecified atom stereocenters. The third-order valence-electron chi connectivity index (χ3n) is 1.98. The molecule has 0 aromatic heterocycles. The molecule has 0 aromatic rings. The lowest BCUT2D eigenvalue weighted by molar-refractivity contribution is 0.333. The lowest BCUT2D eigenvalue weighted by Gasteiger charge is -2.10. The summed E-state index contributed by atoms with van der Waals surface area (Å²) in [6, 6.07) is 0.304. The largest absolute Gasteiger partial charge is 0.296 e. The fourth-order valence-electron chi connectivity index (χ4n) is 1.39. The van der Waals surface area contributed by atoms with E-state index < -0.39 is 0 Å². The molecule has 0 amide bonds. The maximum absolute atomic E-state index is 5.15. The number of rotatable bonds is 2. The van der Waals surface area contributed by atoms with Gasteiger partial charge >= 0.3 is 0 Å². The van der Waals surface area contributed by atoms with Crippen LogP contribution in [0.3, 0.4) is 0 Å². The minimum Gasteiger partial charge on any atom is -0.296 e. The van der Waals surface area contributed by atoms with Crippen LogP contribution in [0.2, 0.25) is 0 Å². The van der Waals surface area contributed by atoms with Crippen LogP contribution in [0.15, 0.2) is 0 Å². The van der Waals surface area contributed by atoms with E-state index in [0.717, 1.165) is 6.54 Å². The van der Waals surface area contributed by atoms with Crippen molar-refractivity contribution in [3.63, 3.8) is 0 Å². The van der Waals surface area contributed by atoms with Gasteiger partial charge in [-0.2, -0.15) is 0 Å². The second-order valence-electron chi connectivity index (χ2n) is 3.01. The second-order valence-corrected chi connectivity index (χ2v) is 3.01. The summed E-state index contributed by atoms with van der Waals surface area (Å²) in [4.78, 5) is 6.13. The highest BCUT2D eigenvalue weighted by Gasteiger charge is 2.17. The summed E-state index contributed by atoms with van der Waals surface area (Å²) in [5.74, 6) is 0. The lowest BCUT2D eigenvalue weighted by atomic mass is 10.3. The molecular formula is C8H15N2+. The highest BCUT2D eigenvalue weighted by molar-refractivity contribution is 4.82. The molecule has 0 aromatic carbocycles. The lowest BCUT2D eigenvalue weighted by Crippen LogP contribution is -2.26. The second kappa shape index (κ2) is 3.58. The molecule has 1 aliphatic heterocycles. The Bertz CT molecular complexity index is 131. The van der Waals surface area contributed by atoms with Crippen LogP contribution in [0.1, 0.15) is 19.8 Å². The fourth-order valence-corrected chi connectivity index (χ4v) is 1.39. The topological polar surface area (TPSA) is 7.60 Å². The van der Waals surface area contributed by atoms with Crippen molar-refractivity contribution in [2.24, 2.45) is 0 Å². The van der Waals surface area contributed by atoms with Gasteiger partial charge in [-0.15, -0.1) is 0 Å². The van der Waals surface area contributed by atoms with E-state index in [0.29, 0.717) is 6.04 Å². The van der Waals surface area contributed by atoms with E-state index in [1.165, 1.54) is 25.9 Å². The van der Waals surface area contributed by atoms with Gasteiger partial charge in [0.25, 0.3) is 12.6 Å². The van der Waals surface area contributed by atoms with Gasteiger partial charge in [-0.1, -0.05) is 4.85 Å². The third kappa shape index (κ3) is 2.00. The number of nitrogens with zero attached hydrogens (tertiary/aromatic N) is 2. The van der Waals surface area contributed by atoms with Crippen LogP contribution in [0.5, 0.6) is 0 Å². The molecule has 0 bridgehead atoms. The van der Waals surface area contributed by atoms with Gasteiger partial charge < -0.3 is 0 Å². The predicted molar refractivity (Wildman–Crippen MR) is 43.4 cm³/mol. The van der Waals surface area contributed by atoms with E-state index in [9.17, 15) is 0 Å². The zero-order chi connectivity index (χ0) is 7.40. The Hall–Kier alpha value is -0.550. The highest BCUT2D eigenvalue weighted by Crippen LogP contribution is 2.08. The van der Waals surface area contributed by atoms with Crippen LogP contribution in [0.4, 0.5) is 0 Å². The van der Waals surface area contributed by atoms with Crippen molar-refractivity contribution in [1.29, 1.82) is 0 Å². The fraction of sp³-hybridized carbons (Fsp3) is 0.875. The Morgan fingerprint density at radius 2 is 2.10 bits per heavy atom. The smallest absolute Gasteiger partial charge is 0.281 e. The molecule has 10 heavy (non-hydrogen) atoms. The zero-order valence-corrected chi connectivity index (χ0v) is 6.58. The summed E-state index contributed by atoms with van der Waals surface area (Å²) >= 11 is 0. The van der Waals surface area contributed by atoms with Crippen molar-refractivity contribution in [2.45, 2.75) is 25.8 Å². The molecule has 2 nitrogen and oxygen atoms in total. The Morgan fingerprint density at radius 3 is 2.60 bits per heavy atom. The molecule has 1 rings (SSSR count). The molecule has 1 aliphatic rings. The molecule has 1 fully saturated rings. The summed E-state index contributed by atoms with van der Waals surface area (Å²) in [6.45, 7) is 10.7. The average Bonchev–Trinajstić information content (AvgIpc) is 2.40. The summed E-state index contributed by atoms with van der Waals surface area (Å²) in [7, 11) is 0. The predicted octanol–water partition coefficient (Wildman–Crippen LogP) is 1.43. The van der Waals surface area contributed by atoms with Crippen LogP contribution < -0.4 is 0 Å². The van der Waals surface area contributed by atoms with Crippen LogP contribution >= 0.6 is 0 Å². The number of hydrogen-bond acceptors (Lipinski definition) is 1. The van der Waals surface area contributed by atoms with Gasteiger partial charge in [-0.25, -0.2) is 0 Å². The Labute approximate surface area is 62.7 Å². The van der Waals surface area contributed by atoms with Crippen molar-refractivity contribution in [2.75, 3.05) is 19.6 Å². The van der Waals surface area contributed by atoms with Crippen molar-refractivity contribution in [3.8, 4) is 6.57 Å². The number of likely N-dealkylation sites (tertiary alicyclic amines) is 1. The molecule has 1 saturated heterocycles. The molecule has 0 N–H and O–H groups in total. The summed E-state index contributed by atoms with van der Waals surface area (Å²) in [5, 5.41) is 0. The van der Waals surface area contributed by atoms with E-state index >= 15 is 0 Å². The first kappa shape index (κ1) is 7.56. The first-order valence-corrected chi connectivity index (χ1v) is 3.95. The maximum atomic E-state index is 5.15. The first-order chi connectivity index (χ1) is 4.83. The van der Waals surface area contributed by atoms with Crippen molar-refractivity contribution >= 4 is 0 Å². The molecule has 0 saturated carbocycles. The monoisotopic (exact) mass is 139 g/mol.